The number of hydrogen-bond acceptors (Lipinski definition) is 6. The topological polar surface area (TPSA) is 68.0 Å². The summed E-state index contributed by atoms with van der Waals surface area (Å²) in [5.74, 6) is 0.519. The fourth-order valence-electron chi connectivity index (χ4n) is 2.12. The number of furan rings is 1. The standard InChI is InChI=1S/C16H11N3O2S2/c1-9-8-22-16(17-9)19-14(20)11-6-7-12(21-11)15-18-10-4-2-3-5-13(10)23-15/h2-8H,1H3,(H,17,19,20). The lowest BCUT2D eigenvalue weighted by Crippen LogP contribution is -2.10. The van der Waals surface area contributed by atoms with Gasteiger partial charge in [0.15, 0.2) is 21.7 Å². The quantitative estimate of drug-likeness (QED) is 0.592. The fraction of sp³-hybridized carbons (Fsp3) is 0.0625. The van der Waals surface area contributed by atoms with Gasteiger partial charge in [-0.05, 0) is 31.2 Å². The van der Waals surface area contributed by atoms with Crippen molar-refractivity contribution in [3.05, 3.63) is 53.2 Å². The number of nitrogens with one attached hydrogen (secondary N) is 1. The predicted molar refractivity (Wildman–Crippen MR) is 92.1 cm³/mol. The van der Waals surface area contributed by atoms with Crippen molar-refractivity contribution in [1.29, 1.82) is 0 Å². The highest BCUT2D eigenvalue weighted by Gasteiger charge is 2.16. The molecule has 0 saturated carbocycles. The molecule has 1 aromatic carbocycles. The molecule has 114 valence electrons. The van der Waals surface area contributed by atoms with Crippen molar-refractivity contribution in [3.63, 3.8) is 0 Å². The van der Waals surface area contributed by atoms with E-state index in [1.165, 1.54) is 22.7 Å². The maximum Gasteiger partial charge on any atom is 0.293 e. The Kier molecular flexibility index (Phi) is 3.44. The van der Waals surface area contributed by atoms with Gasteiger partial charge >= 0.3 is 0 Å². The highest BCUT2D eigenvalue weighted by atomic mass is 32.1. The van der Waals surface area contributed by atoms with Crippen LogP contribution in [-0.2, 0) is 0 Å². The van der Waals surface area contributed by atoms with E-state index in [4.69, 9.17) is 4.42 Å². The van der Waals surface area contributed by atoms with Crippen LogP contribution < -0.4 is 5.32 Å². The molecular formula is C16H11N3O2S2. The van der Waals surface area contributed by atoms with E-state index >= 15 is 0 Å². The number of benzene rings is 1. The zero-order chi connectivity index (χ0) is 15.8. The number of aromatic nitrogens is 2. The minimum Gasteiger partial charge on any atom is -0.448 e. The summed E-state index contributed by atoms with van der Waals surface area (Å²) in [7, 11) is 0. The summed E-state index contributed by atoms with van der Waals surface area (Å²) >= 11 is 2.92. The molecule has 0 bridgehead atoms. The van der Waals surface area contributed by atoms with Crippen LogP contribution in [0.1, 0.15) is 16.2 Å². The lowest BCUT2D eigenvalue weighted by molar-refractivity contribution is 0.0997. The van der Waals surface area contributed by atoms with Crippen LogP contribution in [0.15, 0.2) is 46.2 Å². The molecule has 0 unspecified atom stereocenters. The highest BCUT2D eigenvalue weighted by molar-refractivity contribution is 7.21. The third kappa shape index (κ3) is 2.76. The fourth-order valence-corrected chi connectivity index (χ4v) is 3.73. The Hall–Kier alpha value is -2.51. The van der Waals surface area contributed by atoms with Crippen LogP contribution >= 0.6 is 22.7 Å². The number of fused-ring (bicyclic) bond motifs is 1. The van der Waals surface area contributed by atoms with E-state index in [2.05, 4.69) is 15.3 Å². The molecule has 1 N–H and O–H groups in total. The number of amides is 1. The molecular weight excluding hydrogens is 330 g/mol. The summed E-state index contributed by atoms with van der Waals surface area (Å²) in [6.07, 6.45) is 0. The molecule has 3 heterocycles. The Labute approximate surface area is 139 Å². The van der Waals surface area contributed by atoms with Crippen molar-refractivity contribution < 1.29 is 9.21 Å². The zero-order valence-corrected chi connectivity index (χ0v) is 13.7. The van der Waals surface area contributed by atoms with Gasteiger partial charge in [0.2, 0.25) is 0 Å². The third-order valence-electron chi connectivity index (χ3n) is 3.17. The lowest BCUT2D eigenvalue weighted by atomic mass is 10.3. The number of aryl methyl sites for hydroxylation is 1. The molecule has 1 amide bonds. The predicted octanol–water partition coefficient (Wildman–Crippen LogP) is 4.57. The SMILES string of the molecule is Cc1csc(NC(=O)c2ccc(-c3nc4ccccc4s3)o2)n1. The minimum absolute atomic E-state index is 0.243. The number of carbonyl (C=O) groups is 1. The summed E-state index contributed by atoms with van der Waals surface area (Å²) in [6, 6.07) is 11.3. The molecule has 0 aliphatic carbocycles. The highest BCUT2D eigenvalue weighted by Crippen LogP contribution is 2.31. The van der Waals surface area contributed by atoms with Crippen LogP contribution in [0.4, 0.5) is 5.13 Å². The average Bonchev–Trinajstić information content (AvgIpc) is 3.25. The number of thiazole rings is 2. The van der Waals surface area contributed by atoms with Crippen molar-refractivity contribution >= 4 is 43.9 Å². The van der Waals surface area contributed by atoms with Crippen LogP contribution in [0.3, 0.4) is 0 Å². The molecule has 0 saturated heterocycles. The number of para-hydroxylation sites is 1. The van der Waals surface area contributed by atoms with Crippen molar-refractivity contribution in [3.8, 4) is 10.8 Å². The first-order chi connectivity index (χ1) is 11.2. The molecule has 3 aromatic heterocycles. The first-order valence-electron chi connectivity index (χ1n) is 6.88. The summed E-state index contributed by atoms with van der Waals surface area (Å²) in [6.45, 7) is 1.88. The van der Waals surface area contributed by atoms with E-state index in [9.17, 15) is 4.79 Å². The van der Waals surface area contributed by atoms with Gasteiger partial charge in [-0.25, -0.2) is 9.97 Å². The molecule has 0 radical (unpaired) electrons. The van der Waals surface area contributed by atoms with Crippen LogP contribution in [-0.4, -0.2) is 15.9 Å². The van der Waals surface area contributed by atoms with E-state index in [-0.39, 0.29) is 11.7 Å². The Bertz CT molecular complexity index is 967. The number of carbonyl (C=O) groups excluding carboxylic acids is 1. The number of hydrogen-bond donors (Lipinski definition) is 1. The van der Waals surface area contributed by atoms with Gasteiger partial charge in [-0.3, -0.25) is 10.1 Å². The average molecular weight is 341 g/mol. The minimum atomic E-state index is -0.313. The monoisotopic (exact) mass is 341 g/mol. The second kappa shape index (κ2) is 5.60. The van der Waals surface area contributed by atoms with Crippen molar-refractivity contribution in [2.45, 2.75) is 6.92 Å². The Morgan fingerprint density at radius 1 is 1.17 bits per heavy atom. The van der Waals surface area contributed by atoms with Crippen LogP contribution in [0.2, 0.25) is 0 Å². The van der Waals surface area contributed by atoms with Crippen LogP contribution in [0.25, 0.3) is 21.0 Å². The van der Waals surface area contributed by atoms with E-state index < -0.39 is 0 Å². The van der Waals surface area contributed by atoms with E-state index in [0.29, 0.717) is 10.9 Å². The van der Waals surface area contributed by atoms with Crippen LogP contribution in [0, 0.1) is 6.92 Å². The third-order valence-corrected chi connectivity index (χ3v) is 5.10. The molecule has 0 fully saturated rings. The lowest BCUT2D eigenvalue weighted by Gasteiger charge is -1.97. The molecule has 7 heteroatoms. The van der Waals surface area contributed by atoms with Gasteiger partial charge in [-0.1, -0.05) is 12.1 Å². The Morgan fingerprint density at radius 2 is 2.04 bits per heavy atom. The van der Waals surface area contributed by atoms with Crippen molar-refractivity contribution in [2.24, 2.45) is 0 Å². The van der Waals surface area contributed by atoms with Gasteiger partial charge < -0.3 is 4.42 Å². The van der Waals surface area contributed by atoms with Crippen molar-refractivity contribution in [1.82, 2.24) is 9.97 Å². The summed E-state index contributed by atoms with van der Waals surface area (Å²) in [4.78, 5) is 20.9. The zero-order valence-electron chi connectivity index (χ0n) is 12.1. The molecule has 4 aromatic rings. The Balaban J connectivity index is 1.59. The number of rotatable bonds is 3. The molecule has 0 aliphatic heterocycles. The van der Waals surface area contributed by atoms with E-state index in [0.717, 1.165) is 20.9 Å². The van der Waals surface area contributed by atoms with Gasteiger partial charge in [0.05, 0.1) is 15.9 Å². The summed E-state index contributed by atoms with van der Waals surface area (Å²) in [5, 5.41) is 5.93. The molecule has 0 aliphatic rings. The normalized spacial score (nSPS) is 11.0. The first kappa shape index (κ1) is 14.1. The van der Waals surface area contributed by atoms with Crippen LogP contribution in [0.5, 0.6) is 0 Å². The van der Waals surface area contributed by atoms with Gasteiger partial charge in [0, 0.05) is 5.38 Å². The maximum atomic E-state index is 12.2. The maximum absolute atomic E-state index is 12.2. The number of anilines is 1. The van der Waals surface area contributed by atoms with Crippen molar-refractivity contribution in [2.75, 3.05) is 5.32 Å². The Morgan fingerprint density at radius 3 is 2.83 bits per heavy atom. The smallest absolute Gasteiger partial charge is 0.293 e. The van der Waals surface area contributed by atoms with Gasteiger partial charge in [0.1, 0.15) is 0 Å². The van der Waals surface area contributed by atoms with Gasteiger partial charge in [-0.15, -0.1) is 22.7 Å². The van der Waals surface area contributed by atoms with E-state index in [1.54, 1.807) is 12.1 Å². The second-order valence-corrected chi connectivity index (χ2v) is 6.79. The summed E-state index contributed by atoms with van der Waals surface area (Å²) in [5.41, 5.74) is 1.80. The number of nitrogens with zero attached hydrogens (tertiary/aromatic N) is 2. The summed E-state index contributed by atoms with van der Waals surface area (Å²) < 4.78 is 6.74. The molecule has 0 atom stereocenters. The molecule has 5 nitrogen and oxygen atoms in total. The van der Waals surface area contributed by atoms with E-state index in [1.807, 2.05) is 36.6 Å². The van der Waals surface area contributed by atoms with Gasteiger partial charge in [0.25, 0.3) is 5.91 Å². The first-order valence-corrected chi connectivity index (χ1v) is 8.58. The van der Waals surface area contributed by atoms with Gasteiger partial charge in [-0.2, -0.15) is 0 Å². The molecule has 23 heavy (non-hydrogen) atoms. The second-order valence-electron chi connectivity index (χ2n) is 4.90. The molecule has 4 rings (SSSR count). The largest absolute Gasteiger partial charge is 0.448 e. The molecule has 0 spiro atoms.